The highest BCUT2D eigenvalue weighted by molar-refractivity contribution is 5.53. The molecule has 0 saturated carbocycles. The molecule has 2 aliphatic heterocycles. The van der Waals surface area contributed by atoms with Crippen LogP contribution in [0.2, 0.25) is 0 Å². The summed E-state index contributed by atoms with van der Waals surface area (Å²) >= 11 is 0. The molecule has 116 valence electrons. The Morgan fingerprint density at radius 2 is 2.19 bits per heavy atom. The van der Waals surface area contributed by atoms with Crippen molar-refractivity contribution in [2.75, 3.05) is 18.0 Å². The maximum absolute atomic E-state index is 5.98. The van der Waals surface area contributed by atoms with Gasteiger partial charge < -0.3 is 15.0 Å². The minimum absolute atomic E-state index is 0.181. The second-order valence-corrected chi connectivity index (χ2v) is 6.45. The number of pyridine rings is 1. The zero-order chi connectivity index (χ0) is 14.7. The SMILES string of the molecule is CC(C)Oc1cccnc1N1CCCCC1C1CCCN1. The third kappa shape index (κ3) is 3.31. The van der Waals surface area contributed by atoms with Crippen LogP contribution in [0.5, 0.6) is 5.75 Å². The molecule has 4 nitrogen and oxygen atoms in total. The maximum Gasteiger partial charge on any atom is 0.171 e. The van der Waals surface area contributed by atoms with Crippen molar-refractivity contribution in [1.82, 2.24) is 10.3 Å². The second-order valence-electron chi connectivity index (χ2n) is 6.45. The molecule has 1 aromatic heterocycles. The van der Waals surface area contributed by atoms with E-state index in [2.05, 4.69) is 35.1 Å². The summed E-state index contributed by atoms with van der Waals surface area (Å²) in [6.45, 7) is 6.40. The second kappa shape index (κ2) is 6.65. The molecule has 2 atom stereocenters. The van der Waals surface area contributed by atoms with E-state index < -0.39 is 0 Å². The van der Waals surface area contributed by atoms with Gasteiger partial charge in [0.1, 0.15) is 0 Å². The van der Waals surface area contributed by atoms with Crippen LogP contribution >= 0.6 is 0 Å². The zero-order valence-corrected chi connectivity index (χ0v) is 13.2. The number of nitrogens with zero attached hydrogens (tertiary/aromatic N) is 2. The molecule has 0 aromatic carbocycles. The van der Waals surface area contributed by atoms with Gasteiger partial charge in [0.15, 0.2) is 11.6 Å². The predicted octanol–water partition coefficient (Wildman–Crippen LogP) is 2.98. The van der Waals surface area contributed by atoms with Gasteiger partial charge in [-0.05, 0) is 64.6 Å². The number of piperidine rings is 1. The first-order valence-corrected chi connectivity index (χ1v) is 8.37. The topological polar surface area (TPSA) is 37.4 Å². The standard InChI is InChI=1S/C17H27N3O/c1-13(2)21-16-9-6-11-19-17(16)20-12-4-3-8-15(20)14-7-5-10-18-14/h6,9,11,13-15,18H,3-5,7-8,10,12H2,1-2H3. The number of anilines is 1. The minimum Gasteiger partial charge on any atom is -0.487 e. The van der Waals surface area contributed by atoms with Crippen LogP contribution in [0.15, 0.2) is 18.3 Å². The Bertz CT molecular complexity index is 457. The Hall–Kier alpha value is -1.29. The first-order valence-electron chi connectivity index (χ1n) is 8.37. The van der Waals surface area contributed by atoms with Crippen molar-refractivity contribution in [3.05, 3.63) is 18.3 Å². The van der Waals surface area contributed by atoms with E-state index in [1.54, 1.807) is 0 Å². The fourth-order valence-electron chi connectivity index (χ4n) is 3.62. The predicted molar refractivity (Wildman–Crippen MR) is 86.0 cm³/mol. The quantitative estimate of drug-likeness (QED) is 0.924. The van der Waals surface area contributed by atoms with Crippen molar-refractivity contribution in [1.29, 1.82) is 0 Å². The van der Waals surface area contributed by atoms with Gasteiger partial charge in [-0.25, -0.2) is 4.98 Å². The molecular weight excluding hydrogens is 262 g/mol. The van der Waals surface area contributed by atoms with E-state index >= 15 is 0 Å². The molecule has 0 spiro atoms. The molecule has 2 fully saturated rings. The molecule has 1 aromatic rings. The van der Waals surface area contributed by atoms with Gasteiger partial charge in [0.2, 0.25) is 0 Å². The van der Waals surface area contributed by atoms with Gasteiger partial charge in [0.05, 0.1) is 6.10 Å². The third-order valence-corrected chi connectivity index (χ3v) is 4.50. The van der Waals surface area contributed by atoms with Crippen molar-refractivity contribution >= 4 is 5.82 Å². The van der Waals surface area contributed by atoms with Crippen LogP contribution in [0.1, 0.15) is 46.0 Å². The molecule has 2 aliphatic rings. The number of hydrogen-bond donors (Lipinski definition) is 1. The number of ether oxygens (including phenoxy) is 1. The van der Waals surface area contributed by atoms with E-state index in [0.29, 0.717) is 12.1 Å². The molecule has 0 bridgehead atoms. The molecule has 0 radical (unpaired) electrons. The molecule has 2 unspecified atom stereocenters. The molecular formula is C17H27N3O. The fraction of sp³-hybridized carbons (Fsp3) is 0.706. The molecule has 3 rings (SSSR count). The number of aromatic nitrogens is 1. The Morgan fingerprint density at radius 3 is 2.95 bits per heavy atom. The lowest BCUT2D eigenvalue weighted by molar-refractivity contribution is 0.240. The minimum atomic E-state index is 0.181. The van der Waals surface area contributed by atoms with Crippen molar-refractivity contribution in [3.63, 3.8) is 0 Å². The maximum atomic E-state index is 5.98. The lowest BCUT2D eigenvalue weighted by Gasteiger charge is -2.40. The summed E-state index contributed by atoms with van der Waals surface area (Å²) in [6, 6.07) is 5.19. The van der Waals surface area contributed by atoms with Gasteiger partial charge in [0, 0.05) is 24.8 Å². The lowest BCUT2D eigenvalue weighted by Crippen LogP contribution is -2.50. The summed E-state index contributed by atoms with van der Waals surface area (Å²) in [5.74, 6) is 1.96. The highest BCUT2D eigenvalue weighted by Crippen LogP contribution is 2.33. The molecule has 21 heavy (non-hydrogen) atoms. The summed E-state index contributed by atoms with van der Waals surface area (Å²) in [5, 5.41) is 3.68. The van der Waals surface area contributed by atoms with Crippen LogP contribution in [-0.2, 0) is 0 Å². The van der Waals surface area contributed by atoms with Gasteiger partial charge in [0.25, 0.3) is 0 Å². The Labute approximate surface area is 127 Å². The Balaban J connectivity index is 1.85. The first kappa shape index (κ1) is 14.6. The summed E-state index contributed by atoms with van der Waals surface area (Å²) in [5.41, 5.74) is 0. The van der Waals surface area contributed by atoms with Crippen LogP contribution in [-0.4, -0.2) is 36.3 Å². The summed E-state index contributed by atoms with van der Waals surface area (Å²) < 4.78 is 5.98. The van der Waals surface area contributed by atoms with Gasteiger partial charge in [-0.3, -0.25) is 0 Å². The molecule has 0 amide bonds. The molecule has 3 heterocycles. The van der Waals surface area contributed by atoms with E-state index in [1.165, 1.54) is 32.1 Å². The van der Waals surface area contributed by atoms with Crippen LogP contribution in [0.25, 0.3) is 0 Å². The van der Waals surface area contributed by atoms with E-state index in [9.17, 15) is 0 Å². The highest BCUT2D eigenvalue weighted by atomic mass is 16.5. The van der Waals surface area contributed by atoms with E-state index in [1.807, 2.05) is 12.3 Å². The molecule has 1 N–H and O–H groups in total. The third-order valence-electron chi connectivity index (χ3n) is 4.50. The average Bonchev–Trinajstić information content (AvgIpc) is 3.01. The van der Waals surface area contributed by atoms with Crippen LogP contribution in [0, 0.1) is 0 Å². The van der Waals surface area contributed by atoms with Crippen molar-refractivity contribution in [2.24, 2.45) is 0 Å². The first-order chi connectivity index (χ1) is 10.3. The average molecular weight is 289 g/mol. The molecule has 0 aliphatic carbocycles. The largest absolute Gasteiger partial charge is 0.487 e. The molecule has 4 heteroatoms. The zero-order valence-electron chi connectivity index (χ0n) is 13.2. The van der Waals surface area contributed by atoms with Gasteiger partial charge >= 0.3 is 0 Å². The fourth-order valence-corrected chi connectivity index (χ4v) is 3.62. The van der Waals surface area contributed by atoms with Crippen LogP contribution in [0.4, 0.5) is 5.82 Å². The van der Waals surface area contributed by atoms with E-state index in [0.717, 1.165) is 24.7 Å². The van der Waals surface area contributed by atoms with Crippen molar-refractivity contribution in [3.8, 4) is 5.75 Å². The Morgan fingerprint density at radius 1 is 1.29 bits per heavy atom. The lowest BCUT2D eigenvalue weighted by atomic mass is 9.94. The molecule has 2 saturated heterocycles. The summed E-state index contributed by atoms with van der Waals surface area (Å²) in [6.07, 6.45) is 8.49. The number of nitrogens with one attached hydrogen (secondary N) is 1. The van der Waals surface area contributed by atoms with Gasteiger partial charge in [-0.1, -0.05) is 0 Å². The van der Waals surface area contributed by atoms with Crippen LogP contribution < -0.4 is 15.0 Å². The Kier molecular flexibility index (Phi) is 4.63. The smallest absolute Gasteiger partial charge is 0.171 e. The normalized spacial score (nSPS) is 26.3. The highest BCUT2D eigenvalue weighted by Gasteiger charge is 2.33. The van der Waals surface area contributed by atoms with Crippen LogP contribution in [0.3, 0.4) is 0 Å². The monoisotopic (exact) mass is 289 g/mol. The number of hydrogen-bond acceptors (Lipinski definition) is 4. The number of rotatable bonds is 4. The van der Waals surface area contributed by atoms with Crippen molar-refractivity contribution < 1.29 is 4.74 Å². The van der Waals surface area contributed by atoms with Gasteiger partial charge in [-0.2, -0.15) is 0 Å². The van der Waals surface area contributed by atoms with Crippen molar-refractivity contribution in [2.45, 2.75) is 64.1 Å². The summed E-state index contributed by atoms with van der Waals surface area (Å²) in [7, 11) is 0. The van der Waals surface area contributed by atoms with E-state index in [4.69, 9.17) is 4.74 Å². The van der Waals surface area contributed by atoms with E-state index in [-0.39, 0.29) is 6.10 Å². The summed E-state index contributed by atoms with van der Waals surface area (Å²) in [4.78, 5) is 7.14. The van der Waals surface area contributed by atoms with Gasteiger partial charge in [-0.15, -0.1) is 0 Å².